The van der Waals surface area contributed by atoms with E-state index in [9.17, 15) is 5.26 Å². The lowest BCUT2D eigenvalue weighted by molar-refractivity contribution is 1.18. The van der Waals surface area contributed by atoms with Gasteiger partial charge in [-0.25, -0.2) is 0 Å². The molecular formula is C59H34N2. The van der Waals surface area contributed by atoms with Gasteiger partial charge in [0.25, 0.3) is 0 Å². The maximum absolute atomic E-state index is 9.68. The molecule has 0 unspecified atom stereocenters. The van der Waals surface area contributed by atoms with Gasteiger partial charge in [-0.2, -0.15) is 5.26 Å². The first-order chi connectivity index (χ1) is 30.2. The zero-order valence-electron chi connectivity index (χ0n) is 33.0. The average Bonchev–Trinajstić information content (AvgIpc) is 3.63. The summed E-state index contributed by atoms with van der Waals surface area (Å²) in [5, 5.41) is 29.2. The first-order valence-electron chi connectivity index (χ1n) is 20.9. The molecule has 0 saturated heterocycles. The molecule has 280 valence electrons. The lowest BCUT2D eigenvalue weighted by Crippen LogP contribution is -1.94. The van der Waals surface area contributed by atoms with Crippen LogP contribution in [0.2, 0.25) is 0 Å². The van der Waals surface area contributed by atoms with Crippen molar-refractivity contribution in [3.8, 4) is 34.0 Å². The quantitative estimate of drug-likeness (QED) is 0.130. The molecule has 0 radical (unpaired) electrons. The van der Waals surface area contributed by atoms with E-state index in [0.717, 1.165) is 22.0 Å². The number of rotatable bonds is 3. The molecule has 0 N–H and O–H groups in total. The molecule has 0 fully saturated rings. The minimum Gasteiger partial charge on any atom is -0.309 e. The van der Waals surface area contributed by atoms with Crippen molar-refractivity contribution >= 4 is 97.2 Å². The van der Waals surface area contributed by atoms with Crippen molar-refractivity contribution in [3.63, 3.8) is 0 Å². The van der Waals surface area contributed by atoms with Crippen molar-refractivity contribution in [2.75, 3.05) is 0 Å². The molecule has 0 spiro atoms. The van der Waals surface area contributed by atoms with Crippen molar-refractivity contribution in [1.29, 1.82) is 5.26 Å². The summed E-state index contributed by atoms with van der Waals surface area (Å²) in [5.41, 5.74) is 9.02. The maximum Gasteiger partial charge on any atom is 0.0991 e. The molecule has 12 aromatic carbocycles. The van der Waals surface area contributed by atoms with E-state index in [0.29, 0.717) is 5.56 Å². The highest BCUT2D eigenvalue weighted by atomic mass is 15.0. The van der Waals surface area contributed by atoms with Crippen molar-refractivity contribution in [2.24, 2.45) is 0 Å². The van der Waals surface area contributed by atoms with Gasteiger partial charge in [0.05, 0.1) is 22.7 Å². The Hall–Kier alpha value is -8.25. The number of benzene rings is 12. The van der Waals surface area contributed by atoms with Crippen LogP contribution in [0.15, 0.2) is 206 Å². The molecule has 13 rings (SSSR count). The molecule has 1 aromatic heterocycles. The van der Waals surface area contributed by atoms with Gasteiger partial charge in [0, 0.05) is 16.5 Å². The van der Waals surface area contributed by atoms with E-state index in [1.807, 2.05) is 18.2 Å². The molecule has 0 atom stereocenters. The molecule has 2 nitrogen and oxygen atoms in total. The monoisotopic (exact) mass is 770 g/mol. The first kappa shape index (κ1) is 33.7. The van der Waals surface area contributed by atoms with Crippen molar-refractivity contribution in [1.82, 2.24) is 4.57 Å². The normalized spacial score (nSPS) is 11.9. The summed E-state index contributed by atoms with van der Waals surface area (Å²) in [6.07, 6.45) is 0. The second-order valence-electron chi connectivity index (χ2n) is 16.3. The third-order valence-electron chi connectivity index (χ3n) is 13.1. The Morgan fingerprint density at radius 3 is 1.46 bits per heavy atom. The van der Waals surface area contributed by atoms with E-state index in [4.69, 9.17) is 0 Å². The van der Waals surface area contributed by atoms with Gasteiger partial charge in [-0.15, -0.1) is 0 Å². The van der Waals surface area contributed by atoms with Crippen molar-refractivity contribution in [3.05, 3.63) is 212 Å². The highest BCUT2D eigenvalue weighted by Crippen LogP contribution is 2.47. The van der Waals surface area contributed by atoms with E-state index >= 15 is 0 Å². The fourth-order valence-corrected chi connectivity index (χ4v) is 10.4. The molecule has 0 aliphatic rings. The smallest absolute Gasteiger partial charge is 0.0991 e. The Kier molecular flexibility index (Phi) is 7.11. The molecule has 0 aliphatic carbocycles. The Morgan fingerprint density at radius 1 is 0.295 bits per heavy atom. The van der Waals surface area contributed by atoms with Crippen molar-refractivity contribution in [2.45, 2.75) is 0 Å². The summed E-state index contributed by atoms with van der Waals surface area (Å²) in [7, 11) is 0. The van der Waals surface area contributed by atoms with Gasteiger partial charge in [0.15, 0.2) is 0 Å². The van der Waals surface area contributed by atoms with Crippen LogP contribution in [-0.4, -0.2) is 4.57 Å². The first-order valence-corrected chi connectivity index (χ1v) is 20.9. The summed E-state index contributed by atoms with van der Waals surface area (Å²) in [5.74, 6) is 0. The van der Waals surface area contributed by atoms with E-state index in [1.54, 1.807) is 0 Å². The number of para-hydroxylation sites is 1. The standard InChI is InChI=1S/C59H34N2/c60-35-36-22-23-37-24-25-40(29-42(37)28-36)58-47-18-8-10-20-49(47)59(50-21-11-9-19-48(50)58)41-26-27-46-51(31-41)44-16-6-7-17-45(44)52-33-55-54-30-38-12-4-5-13-39(38)32-56(54)61(57(55)34-53(46)52)43-14-2-1-3-15-43/h1-34H. The van der Waals surface area contributed by atoms with Crippen LogP contribution in [-0.2, 0) is 0 Å². The summed E-state index contributed by atoms with van der Waals surface area (Å²) in [6, 6.07) is 77.8. The number of nitriles is 1. The van der Waals surface area contributed by atoms with Gasteiger partial charge in [0.2, 0.25) is 0 Å². The van der Waals surface area contributed by atoms with Gasteiger partial charge in [-0.3, -0.25) is 0 Å². The Bertz CT molecular complexity index is 4000. The van der Waals surface area contributed by atoms with Gasteiger partial charge in [-0.05, 0) is 158 Å². The molecule has 0 bridgehead atoms. The molecular weight excluding hydrogens is 737 g/mol. The zero-order chi connectivity index (χ0) is 40.2. The van der Waals surface area contributed by atoms with Crippen LogP contribution in [0.3, 0.4) is 0 Å². The lowest BCUT2D eigenvalue weighted by atomic mass is 9.84. The highest BCUT2D eigenvalue weighted by Gasteiger charge is 2.20. The van der Waals surface area contributed by atoms with Crippen LogP contribution in [0, 0.1) is 11.3 Å². The molecule has 0 aliphatic heterocycles. The maximum atomic E-state index is 9.68. The molecule has 61 heavy (non-hydrogen) atoms. The topological polar surface area (TPSA) is 28.7 Å². The zero-order valence-corrected chi connectivity index (χ0v) is 33.0. The molecule has 1 heterocycles. The Morgan fingerprint density at radius 2 is 0.787 bits per heavy atom. The molecule has 0 amide bonds. The average molecular weight is 771 g/mol. The van der Waals surface area contributed by atoms with Crippen LogP contribution in [0.5, 0.6) is 0 Å². The van der Waals surface area contributed by atoms with E-state index in [-0.39, 0.29) is 0 Å². The van der Waals surface area contributed by atoms with Crippen LogP contribution in [0.1, 0.15) is 5.56 Å². The Balaban J connectivity index is 1.10. The number of fused-ring (bicyclic) bond motifs is 13. The fourth-order valence-electron chi connectivity index (χ4n) is 10.4. The van der Waals surface area contributed by atoms with Crippen molar-refractivity contribution < 1.29 is 0 Å². The number of hydrogen-bond donors (Lipinski definition) is 0. The molecule has 13 aromatic rings. The molecule has 0 saturated carbocycles. The summed E-state index contributed by atoms with van der Waals surface area (Å²) < 4.78 is 2.45. The number of hydrogen-bond acceptors (Lipinski definition) is 1. The van der Waals surface area contributed by atoms with Gasteiger partial charge in [-0.1, -0.05) is 146 Å². The predicted molar refractivity (Wildman–Crippen MR) is 259 cm³/mol. The molecule has 2 heteroatoms. The van der Waals surface area contributed by atoms with E-state index in [2.05, 4.69) is 199 Å². The van der Waals surface area contributed by atoms with Gasteiger partial charge < -0.3 is 4.57 Å². The Labute approximate surface area is 351 Å². The van der Waals surface area contributed by atoms with E-state index < -0.39 is 0 Å². The third-order valence-corrected chi connectivity index (χ3v) is 13.1. The second-order valence-corrected chi connectivity index (χ2v) is 16.3. The summed E-state index contributed by atoms with van der Waals surface area (Å²) in [6.45, 7) is 0. The van der Waals surface area contributed by atoms with E-state index in [1.165, 1.54) is 103 Å². The summed E-state index contributed by atoms with van der Waals surface area (Å²) >= 11 is 0. The highest BCUT2D eigenvalue weighted by molar-refractivity contribution is 6.30. The largest absolute Gasteiger partial charge is 0.309 e. The minimum absolute atomic E-state index is 0.669. The predicted octanol–water partition coefficient (Wildman–Crippen LogP) is 16.1. The summed E-state index contributed by atoms with van der Waals surface area (Å²) in [4.78, 5) is 0. The SMILES string of the molecule is N#Cc1ccc2ccc(-c3c4ccccc4c(-c4ccc5c(c4)c4ccccc4c4cc6c7cc8ccccc8cc7n(-c7ccccc7)c6cc54)c4ccccc34)cc2c1. The second kappa shape index (κ2) is 12.9. The van der Waals surface area contributed by atoms with Crippen LogP contribution in [0.4, 0.5) is 0 Å². The minimum atomic E-state index is 0.669. The lowest BCUT2D eigenvalue weighted by Gasteiger charge is -2.19. The number of nitrogens with zero attached hydrogens (tertiary/aromatic N) is 2. The van der Waals surface area contributed by atoms with Crippen LogP contribution >= 0.6 is 0 Å². The van der Waals surface area contributed by atoms with Crippen LogP contribution < -0.4 is 0 Å². The van der Waals surface area contributed by atoms with Crippen LogP contribution in [0.25, 0.3) is 125 Å². The van der Waals surface area contributed by atoms with Gasteiger partial charge in [0.1, 0.15) is 0 Å². The number of aromatic nitrogens is 1. The fraction of sp³-hybridized carbons (Fsp3) is 0. The third kappa shape index (κ3) is 4.96. The van der Waals surface area contributed by atoms with Gasteiger partial charge >= 0.3 is 0 Å².